The predicted octanol–water partition coefficient (Wildman–Crippen LogP) is 0.814. The number of carbonyl (C=O) groups excluding carboxylic acids is 2. The van der Waals surface area contributed by atoms with E-state index in [4.69, 9.17) is 4.74 Å². The van der Waals surface area contributed by atoms with Crippen molar-refractivity contribution in [2.45, 2.75) is 31.9 Å². The van der Waals surface area contributed by atoms with Crippen molar-refractivity contribution in [1.29, 1.82) is 0 Å². The molecule has 0 spiro atoms. The van der Waals surface area contributed by atoms with Crippen LogP contribution in [0.3, 0.4) is 0 Å². The number of amides is 2. The van der Waals surface area contributed by atoms with Crippen LogP contribution in [0.2, 0.25) is 0 Å². The van der Waals surface area contributed by atoms with Gasteiger partial charge in [0.1, 0.15) is 6.10 Å². The summed E-state index contributed by atoms with van der Waals surface area (Å²) in [6.07, 6.45) is 1.61. The molecule has 0 radical (unpaired) electrons. The fourth-order valence-electron chi connectivity index (χ4n) is 2.34. The fraction of sp³-hybridized carbons (Fsp3) is 0.500. The molecule has 1 atom stereocenters. The Morgan fingerprint density at radius 1 is 1.32 bits per heavy atom. The number of rotatable bonds is 4. The summed E-state index contributed by atoms with van der Waals surface area (Å²) < 4.78 is 5.44. The Bertz CT molecular complexity index is 578. The second-order valence-electron chi connectivity index (χ2n) is 5.83. The Labute approximate surface area is 129 Å². The molecule has 1 aliphatic heterocycles. The second kappa shape index (κ2) is 6.46. The van der Waals surface area contributed by atoms with E-state index in [1.807, 2.05) is 13.0 Å². The number of benzene rings is 1. The number of morpholine rings is 1. The summed E-state index contributed by atoms with van der Waals surface area (Å²) in [6, 6.07) is 5.66. The van der Waals surface area contributed by atoms with Gasteiger partial charge in [0.2, 0.25) is 0 Å². The van der Waals surface area contributed by atoms with E-state index in [1.54, 1.807) is 12.1 Å². The number of hydrogen-bond donors (Lipinski definition) is 3. The van der Waals surface area contributed by atoms with Crippen LogP contribution in [0.1, 0.15) is 28.8 Å². The number of anilines is 1. The van der Waals surface area contributed by atoms with Crippen LogP contribution in [-0.2, 0) is 9.53 Å². The van der Waals surface area contributed by atoms with Crippen molar-refractivity contribution in [2.75, 3.05) is 25.0 Å². The van der Waals surface area contributed by atoms with Crippen molar-refractivity contribution in [3.8, 4) is 0 Å². The minimum atomic E-state index is -0.489. The molecular formula is C16H21N3O3. The van der Waals surface area contributed by atoms with Crippen molar-refractivity contribution in [2.24, 2.45) is 0 Å². The van der Waals surface area contributed by atoms with Gasteiger partial charge in [-0.25, -0.2) is 0 Å². The van der Waals surface area contributed by atoms with Crippen molar-refractivity contribution < 1.29 is 14.3 Å². The zero-order valence-corrected chi connectivity index (χ0v) is 12.6. The van der Waals surface area contributed by atoms with Crippen molar-refractivity contribution in [1.82, 2.24) is 10.6 Å². The van der Waals surface area contributed by atoms with Gasteiger partial charge in [-0.05, 0) is 37.5 Å². The van der Waals surface area contributed by atoms with Crippen LogP contribution in [0.15, 0.2) is 18.2 Å². The van der Waals surface area contributed by atoms with E-state index in [-0.39, 0.29) is 11.8 Å². The van der Waals surface area contributed by atoms with Gasteiger partial charge in [-0.2, -0.15) is 0 Å². The molecule has 0 aromatic heterocycles. The van der Waals surface area contributed by atoms with Gasteiger partial charge in [0, 0.05) is 30.4 Å². The first-order chi connectivity index (χ1) is 10.6. The molecule has 22 heavy (non-hydrogen) atoms. The summed E-state index contributed by atoms with van der Waals surface area (Å²) in [5, 5.41) is 8.93. The third-order valence-electron chi connectivity index (χ3n) is 3.89. The van der Waals surface area contributed by atoms with Crippen LogP contribution in [0.25, 0.3) is 0 Å². The highest BCUT2D eigenvalue weighted by molar-refractivity contribution is 5.99. The van der Waals surface area contributed by atoms with Crippen LogP contribution < -0.4 is 16.0 Å². The smallest absolute Gasteiger partial charge is 0.254 e. The third kappa shape index (κ3) is 3.64. The molecule has 1 aromatic rings. The molecule has 2 fully saturated rings. The van der Waals surface area contributed by atoms with E-state index in [2.05, 4.69) is 16.0 Å². The minimum absolute atomic E-state index is 0.0893. The van der Waals surface area contributed by atoms with Crippen molar-refractivity contribution in [3.05, 3.63) is 29.3 Å². The first-order valence-corrected chi connectivity index (χ1v) is 7.68. The zero-order valence-electron chi connectivity index (χ0n) is 12.6. The SMILES string of the molecule is Cc1ccc(C(=O)NC2CC2)cc1NC(=O)C1CNCCO1. The Morgan fingerprint density at radius 3 is 2.82 bits per heavy atom. The molecule has 6 heteroatoms. The molecule has 2 amide bonds. The number of hydrogen-bond acceptors (Lipinski definition) is 4. The van der Waals surface area contributed by atoms with E-state index in [0.717, 1.165) is 24.9 Å². The molecule has 2 aliphatic rings. The zero-order chi connectivity index (χ0) is 15.5. The average molecular weight is 303 g/mol. The molecule has 1 saturated carbocycles. The summed E-state index contributed by atoms with van der Waals surface area (Å²) >= 11 is 0. The van der Waals surface area contributed by atoms with E-state index in [9.17, 15) is 9.59 Å². The standard InChI is InChI=1S/C16H21N3O3/c1-10-2-3-11(15(20)18-12-4-5-12)8-13(10)19-16(21)14-9-17-6-7-22-14/h2-3,8,12,14,17H,4-7,9H2,1H3,(H,18,20)(H,19,21). The van der Waals surface area contributed by atoms with Gasteiger partial charge in [-0.1, -0.05) is 6.07 Å². The third-order valence-corrected chi connectivity index (χ3v) is 3.89. The lowest BCUT2D eigenvalue weighted by Crippen LogP contribution is -2.45. The number of ether oxygens (including phenoxy) is 1. The summed E-state index contributed by atoms with van der Waals surface area (Å²) in [5.74, 6) is -0.274. The highest BCUT2D eigenvalue weighted by atomic mass is 16.5. The molecule has 1 aromatic carbocycles. The van der Waals surface area contributed by atoms with Crippen LogP contribution >= 0.6 is 0 Å². The summed E-state index contributed by atoms with van der Waals surface area (Å²) in [4.78, 5) is 24.3. The topological polar surface area (TPSA) is 79.5 Å². The Kier molecular flexibility index (Phi) is 4.40. The predicted molar refractivity (Wildman–Crippen MR) is 82.9 cm³/mol. The molecule has 6 nitrogen and oxygen atoms in total. The summed E-state index contributed by atoms with van der Waals surface area (Å²) in [7, 11) is 0. The van der Waals surface area contributed by atoms with Crippen molar-refractivity contribution >= 4 is 17.5 Å². The van der Waals surface area contributed by atoms with Gasteiger partial charge in [0.15, 0.2) is 0 Å². The molecular weight excluding hydrogens is 282 g/mol. The van der Waals surface area contributed by atoms with Crippen LogP contribution in [0, 0.1) is 6.92 Å². The maximum atomic E-state index is 12.2. The molecule has 0 bridgehead atoms. The van der Waals surface area contributed by atoms with Gasteiger partial charge in [-0.3, -0.25) is 9.59 Å². The van der Waals surface area contributed by atoms with Gasteiger partial charge < -0.3 is 20.7 Å². The number of aryl methyl sites for hydroxylation is 1. The van der Waals surface area contributed by atoms with Gasteiger partial charge in [-0.15, -0.1) is 0 Å². The van der Waals surface area contributed by atoms with E-state index in [0.29, 0.717) is 30.4 Å². The van der Waals surface area contributed by atoms with Crippen molar-refractivity contribution in [3.63, 3.8) is 0 Å². The normalized spacial score (nSPS) is 21.2. The molecule has 1 unspecified atom stereocenters. The molecule has 3 N–H and O–H groups in total. The monoisotopic (exact) mass is 303 g/mol. The summed E-state index contributed by atoms with van der Waals surface area (Å²) in [6.45, 7) is 3.70. The highest BCUT2D eigenvalue weighted by Crippen LogP contribution is 2.21. The average Bonchev–Trinajstić information content (AvgIpc) is 3.34. The lowest BCUT2D eigenvalue weighted by atomic mass is 10.1. The quantitative estimate of drug-likeness (QED) is 0.769. The Hall–Kier alpha value is -1.92. The van der Waals surface area contributed by atoms with Gasteiger partial charge >= 0.3 is 0 Å². The van der Waals surface area contributed by atoms with Crippen LogP contribution in [0.5, 0.6) is 0 Å². The van der Waals surface area contributed by atoms with E-state index >= 15 is 0 Å². The van der Waals surface area contributed by atoms with E-state index in [1.165, 1.54) is 0 Å². The minimum Gasteiger partial charge on any atom is -0.366 e. The Balaban J connectivity index is 1.68. The first kappa shape index (κ1) is 15.0. The highest BCUT2D eigenvalue weighted by Gasteiger charge is 2.25. The van der Waals surface area contributed by atoms with Gasteiger partial charge in [0.05, 0.1) is 6.61 Å². The van der Waals surface area contributed by atoms with Crippen LogP contribution in [0.4, 0.5) is 5.69 Å². The maximum absolute atomic E-state index is 12.2. The first-order valence-electron chi connectivity index (χ1n) is 7.68. The van der Waals surface area contributed by atoms with E-state index < -0.39 is 6.10 Å². The number of nitrogens with one attached hydrogen (secondary N) is 3. The molecule has 1 aliphatic carbocycles. The lowest BCUT2D eigenvalue weighted by Gasteiger charge is -2.23. The Morgan fingerprint density at radius 2 is 2.14 bits per heavy atom. The van der Waals surface area contributed by atoms with Crippen LogP contribution in [-0.4, -0.2) is 43.7 Å². The number of carbonyl (C=O) groups is 2. The maximum Gasteiger partial charge on any atom is 0.254 e. The molecule has 1 heterocycles. The largest absolute Gasteiger partial charge is 0.366 e. The second-order valence-corrected chi connectivity index (χ2v) is 5.83. The lowest BCUT2D eigenvalue weighted by molar-refractivity contribution is -0.128. The summed E-state index contributed by atoms with van der Waals surface area (Å²) in [5.41, 5.74) is 2.14. The fourth-order valence-corrected chi connectivity index (χ4v) is 2.34. The van der Waals surface area contributed by atoms with Gasteiger partial charge in [0.25, 0.3) is 11.8 Å². The molecule has 3 rings (SSSR count). The molecule has 1 saturated heterocycles. The molecule has 118 valence electrons.